The molecule has 0 radical (unpaired) electrons. The van der Waals surface area contributed by atoms with Gasteiger partial charge in [0.2, 0.25) is 0 Å². The molecule has 1 aliphatic heterocycles. The van der Waals surface area contributed by atoms with E-state index in [1.807, 2.05) is 60.7 Å². The van der Waals surface area contributed by atoms with Gasteiger partial charge in [-0.2, -0.15) is 12.8 Å². The molecule has 1 aliphatic rings. The molecule has 0 spiro atoms. The average Bonchev–Trinajstić information content (AvgIpc) is 3.04. The molecule has 152 valence electrons. The molecule has 0 bridgehead atoms. The third kappa shape index (κ3) is 3.84. The lowest BCUT2D eigenvalue weighted by atomic mass is 9.98. The maximum absolute atomic E-state index is 12.8. The van der Waals surface area contributed by atoms with E-state index in [9.17, 15) is 13.2 Å². The number of esters is 1. The zero-order valence-corrected chi connectivity index (χ0v) is 17.1. The van der Waals surface area contributed by atoms with E-state index >= 15 is 0 Å². The van der Waals surface area contributed by atoms with Crippen LogP contribution in [0.4, 0.5) is 5.69 Å². The lowest BCUT2D eigenvalue weighted by Gasteiger charge is -2.14. The number of carbonyl (C=O) groups is 1. The van der Waals surface area contributed by atoms with Gasteiger partial charge in [0.25, 0.3) is 10.0 Å². The summed E-state index contributed by atoms with van der Waals surface area (Å²) in [6, 6.07) is 21.8. The second-order valence-electron chi connectivity index (χ2n) is 6.74. The molecule has 0 aromatic heterocycles. The number of benzene rings is 3. The molecule has 0 saturated carbocycles. The van der Waals surface area contributed by atoms with Crippen LogP contribution in [-0.4, -0.2) is 26.7 Å². The molecule has 0 atom stereocenters. The summed E-state index contributed by atoms with van der Waals surface area (Å²) in [4.78, 5) is 12.4. The van der Waals surface area contributed by atoms with Crippen molar-refractivity contribution >= 4 is 27.4 Å². The lowest BCUT2D eigenvalue weighted by molar-refractivity contribution is 0.0526. The molecule has 0 aliphatic carbocycles. The Morgan fingerprint density at radius 3 is 2.33 bits per heavy atom. The summed E-state index contributed by atoms with van der Waals surface area (Å²) in [7, 11) is -3.94. The Hall–Kier alpha value is -3.45. The predicted octanol–water partition coefficient (Wildman–Crippen LogP) is 4.02. The molecule has 0 unspecified atom stereocenters. The van der Waals surface area contributed by atoms with Crippen LogP contribution in [0.2, 0.25) is 0 Å². The number of ether oxygens (including phenoxy) is 1. The monoisotopic (exact) mass is 420 g/mol. The van der Waals surface area contributed by atoms with Crippen molar-refractivity contribution in [2.24, 2.45) is 4.40 Å². The number of anilines is 1. The molecule has 0 amide bonds. The van der Waals surface area contributed by atoms with E-state index in [4.69, 9.17) is 4.74 Å². The third-order valence-corrected chi connectivity index (χ3v) is 6.01. The van der Waals surface area contributed by atoms with Crippen molar-refractivity contribution in [2.45, 2.75) is 18.4 Å². The first-order chi connectivity index (χ1) is 14.5. The van der Waals surface area contributed by atoms with Gasteiger partial charge < -0.3 is 10.1 Å². The molecule has 0 fully saturated rings. The van der Waals surface area contributed by atoms with Gasteiger partial charge in [0.1, 0.15) is 4.90 Å². The van der Waals surface area contributed by atoms with Crippen LogP contribution in [0.15, 0.2) is 82.1 Å². The SMILES string of the molecule is CCOC(=O)c1cc(NCc2ccccc2)c2c(c1)S(=O)(=O)N=C2c1ccccc1. The molecule has 4 rings (SSSR count). The van der Waals surface area contributed by atoms with Crippen molar-refractivity contribution in [1.82, 2.24) is 0 Å². The summed E-state index contributed by atoms with van der Waals surface area (Å²) < 4.78 is 34.8. The third-order valence-electron chi connectivity index (χ3n) is 4.71. The fourth-order valence-corrected chi connectivity index (χ4v) is 4.61. The predicted molar refractivity (Wildman–Crippen MR) is 115 cm³/mol. The molecule has 1 heterocycles. The van der Waals surface area contributed by atoms with E-state index in [1.165, 1.54) is 6.07 Å². The quantitative estimate of drug-likeness (QED) is 0.609. The zero-order valence-electron chi connectivity index (χ0n) is 16.3. The zero-order chi connectivity index (χ0) is 21.1. The maximum atomic E-state index is 12.8. The van der Waals surface area contributed by atoms with Crippen molar-refractivity contribution in [2.75, 3.05) is 11.9 Å². The van der Waals surface area contributed by atoms with E-state index in [1.54, 1.807) is 13.0 Å². The Labute approximate surface area is 175 Å². The Kier molecular flexibility index (Phi) is 5.37. The van der Waals surface area contributed by atoms with E-state index in [-0.39, 0.29) is 17.1 Å². The molecule has 6 nitrogen and oxygen atoms in total. The minimum Gasteiger partial charge on any atom is -0.462 e. The summed E-state index contributed by atoms with van der Waals surface area (Å²) in [6.07, 6.45) is 0. The topological polar surface area (TPSA) is 84.8 Å². The first kappa shape index (κ1) is 19.8. The first-order valence-electron chi connectivity index (χ1n) is 9.53. The molecule has 3 aromatic carbocycles. The van der Waals surface area contributed by atoms with E-state index in [2.05, 4.69) is 9.71 Å². The summed E-state index contributed by atoms with van der Waals surface area (Å²) in [5.74, 6) is -0.577. The highest BCUT2D eigenvalue weighted by Crippen LogP contribution is 2.36. The fraction of sp³-hybridized carbons (Fsp3) is 0.130. The summed E-state index contributed by atoms with van der Waals surface area (Å²) in [5, 5.41) is 3.28. The second-order valence-corrected chi connectivity index (χ2v) is 8.31. The summed E-state index contributed by atoms with van der Waals surface area (Å²) in [5.41, 5.74) is 3.21. The Bertz CT molecular complexity index is 1220. The minimum absolute atomic E-state index is 0.00229. The van der Waals surface area contributed by atoms with Crippen LogP contribution in [0.3, 0.4) is 0 Å². The molecule has 7 heteroatoms. The van der Waals surface area contributed by atoms with Crippen molar-refractivity contribution in [3.8, 4) is 0 Å². The number of fused-ring (bicyclic) bond motifs is 1. The number of nitrogens with one attached hydrogen (secondary N) is 1. The number of carbonyl (C=O) groups excluding carboxylic acids is 1. The van der Waals surface area contributed by atoms with Crippen LogP contribution in [0.1, 0.15) is 34.0 Å². The standard InChI is InChI=1S/C23H20N2O4S/c1-2-29-23(26)18-13-19(24-15-16-9-5-3-6-10-16)21-20(14-18)30(27,28)25-22(21)17-11-7-4-8-12-17/h3-14,24H,2,15H2,1H3. The van der Waals surface area contributed by atoms with Gasteiger partial charge in [0.05, 0.1) is 17.9 Å². The summed E-state index contributed by atoms with van der Waals surface area (Å²) in [6.45, 7) is 2.36. The van der Waals surface area contributed by atoms with E-state index in [0.717, 1.165) is 5.56 Å². The van der Waals surface area contributed by atoms with Crippen molar-refractivity contribution in [3.05, 3.63) is 95.1 Å². The van der Waals surface area contributed by atoms with Crippen LogP contribution in [-0.2, 0) is 21.3 Å². The number of hydrogen-bond donors (Lipinski definition) is 1. The molecule has 1 N–H and O–H groups in total. The van der Waals surface area contributed by atoms with Gasteiger partial charge in [-0.15, -0.1) is 0 Å². The lowest BCUT2D eigenvalue weighted by Crippen LogP contribution is -2.12. The van der Waals surface area contributed by atoms with Crippen LogP contribution in [0.25, 0.3) is 0 Å². The average molecular weight is 420 g/mol. The maximum Gasteiger partial charge on any atom is 0.338 e. The van der Waals surface area contributed by atoms with Gasteiger partial charge in [-0.3, -0.25) is 0 Å². The number of hydrogen-bond acceptors (Lipinski definition) is 5. The molecule has 0 saturated heterocycles. The number of rotatable bonds is 6. The van der Waals surface area contributed by atoms with Crippen LogP contribution < -0.4 is 5.32 Å². The van der Waals surface area contributed by atoms with Gasteiger partial charge in [0, 0.05) is 23.4 Å². The Morgan fingerprint density at radius 2 is 1.67 bits per heavy atom. The van der Waals surface area contributed by atoms with Gasteiger partial charge in [-0.25, -0.2) is 4.79 Å². The minimum atomic E-state index is -3.94. The normalized spacial score (nSPS) is 14.0. The van der Waals surface area contributed by atoms with Crippen LogP contribution >= 0.6 is 0 Å². The number of nitrogens with zero attached hydrogens (tertiary/aromatic N) is 1. The van der Waals surface area contributed by atoms with Crippen LogP contribution in [0.5, 0.6) is 0 Å². The summed E-state index contributed by atoms with van der Waals surface area (Å²) >= 11 is 0. The molecular weight excluding hydrogens is 400 g/mol. The van der Waals surface area contributed by atoms with Gasteiger partial charge in [-0.05, 0) is 24.6 Å². The molecule has 3 aromatic rings. The van der Waals surface area contributed by atoms with Crippen LogP contribution in [0, 0.1) is 0 Å². The largest absolute Gasteiger partial charge is 0.462 e. The smallest absolute Gasteiger partial charge is 0.338 e. The van der Waals surface area contributed by atoms with E-state index < -0.39 is 16.0 Å². The Balaban J connectivity index is 1.85. The fourth-order valence-electron chi connectivity index (χ4n) is 3.34. The second kappa shape index (κ2) is 8.12. The first-order valence-corrected chi connectivity index (χ1v) is 11.0. The van der Waals surface area contributed by atoms with Crippen molar-refractivity contribution in [1.29, 1.82) is 0 Å². The van der Waals surface area contributed by atoms with E-state index in [0.29, 0.717) is 29.1 Å². The van der Waals surface area contributed by atoms with Crippen molar-refractivity contribution in [3.63, 3.8) is 0 Å². The van der Waals surface area contributed by atoms with Gasteiger partial charge in [-0.1, -0.05) is 60.7 Å². The molecule has 30 heavy (non-hydrogen) atoms. The highest BCUT2D eigenvalue weighted by atomic mass is 32.2. The highest BCUT2D eigenvalue weighted by Gasteiger charge is 2.33. The Morgan fingerprint density at radius 1 is 1.00 bits per heavy atom. The van der Waals surface area contributed by atoms with Gasteiger partial charge >= 0.3 is 5.97 Å². The molecular formula is C23H20N2O4S. The van der Waals surface area contributed by atoms with Crippen molar-refractivity contribution < 1.29 is 17.9 Å². The highest BCUT2D eigenvalue weighted by molar-refractivity contribution is 7.90. The number of sulfonamides is 1. The van der Waals surface area contributed by atoms with Gasteiger partial charge in [0.15, 0.2) is 0 Å².